The quantitative estimate of drug-likeness (QED) is 0.704. The number of likely N-dealkylation sites (tertiary alicyclic amines) is 1. The maximum atomic E-state index is 12.9. The Bertz CT molecular complexity index is 1130. The van der Waals surface area contributed by atoms with E-state index in [4.69, 9.17) is 5.73 Å². The van der Waals surface area contributed by atoms with Gasteiger partial charge in [-0.15, -0.1) is 4.40 Å². The number of nitrogens with one attached hydrogen (secondary N) is 2. The van der Waals surface area contributed by atoms with Crippen LogP contribution in [0.1, 0.15) is 18.4 Å². The molecule has 1 atom stereocenters. The minimum Gasteiger partial charge on any atom is -0.351 e. The van der Waals surface area contributed by atoms with E-state index in [1.54, 1.807) is 47.4 Å². The summed E-state index contributed by atoms with van der Waals surface area (Å²) in [6.07, 6.45) is 1.31. The Hall–Kier alpha value is -3.40. The summed E-state index contributed by atoms with van der Waals surface area (Å²) in [6, 6.07) is 12.0. The van der Waals surface area contributed by atoms with Crippen molar-refractivity contribution >= 4 is 39.2 Å². The smallest absolute Gasteiger partial charge is 0.316 e. The van der Waals surface area contributed by atoms with Crippen LogP contribution in [0.3, 0.4) is 0 Å². The van der Waals surface area contributed by atoms with Gasteiger partial charge in [0.1, 0.15) is 10.9 Å². The zero-order chi connectivity index (χ0) is 20.6. The fourth-order valence-corrected chi connectivity index (χ4v) is 4.85. The minimum absolute atomic E-state index is 0.159. The van der Waals surface area contributed by atoms with Gasteiger partial charge in [0.25, 0.3) is 10.0 Å². The summed E-state index contributed by atoms with van der Waals surface area (Å²) in [4.78, 5) is 25.8. The van der Waals surface area contributed by atoms with Crippen molar-refractivity contribution in [1.29, 1.82) is 0 Å². The van der Waals surface area contributed by atoms with Gasteiger partial charge in [-0.25, -0.2) is 4.79 Å². The van der Waals surface area contributed by atoms with Gasteiger partial charge in [0.2, 0.25) is 5.91 Å². The van der Waals surface area contributed by atoms with E-state index < -0.39 is 22.1 Å². The summed E-state index contributed by atoms with van der Waals surface area (Å²) < 4.78 is 28.6. The average Bonchev–Trinajstić information content (AvgIpc) is 3.25. The molecule has 0 unspecified atom stereocenters. The van der Waals surface area contributed by atoms with Gasteiger partial charge < -0.3 is 21.3 Å². The number of amidine groups is 1. The molecule has 2 aromatic carbocycles. The number of rotatable bonds is 3. The Balaban J connectivity index is 1.57. The highest BCUT2D eigenvalue weighted by atomic mass is 32.2. The summed E-state index contributed by atoms with van der Waals surface area (Å²) in [6.45, 7) is 0.532. The number of carbonyl (C=O) groups excluding carboxylic acids is 2. The van der Waals surface area contributed by atoms with Crippen molar-refractivity contribution in [2.24, 2.45) is 10.1 Å². The van der Waals surface area contributed by atoms with Gasteiger partial charge in [-0.05, 0) is 43.2 Å². The molecule has 4 rings (SSSR count). The first kappa shape index (κ1) is 18.9. The van der Waals surface area contributed by atoms with Gasteiger partial charge in [0, 0.05) is 23.5 Å². The van der Waals surface area contributed by atoms with Crippen molar-refractivity contribution in [2.45, 2.75) is 23.8 Å². The molecule has 2 heterocycles. The third kappa shape index (κ3) is 3.66. The monoisotopic (exact) mass is 413 g/mol. The number of benzene rings is 2. The van der Waals surface area contributed by atoms with Gasteiger partial charge in [-0.3, -0.25) is 4.79 Å². The third-order valence-electron chi connectivity index (χ3n) is 4.84. The topological polar surface area (TPSA) is 134 Å². The largest absolute Gasteiger partial charge is 0.351 e. The van der Waals surface area contributed by atoms with Gasteiger partial charge in [-0.2, -0.15) is 8.42 Å². The van der Waals surface area contributed by atoms with Crippen LogP contribution in [0.5, 0.6) is 0 Å². The second-order valence-electron chi connectivity index (χ2n) is 6.80. The predicted molar refractivity (Wildman–Crippen MR) is 108 cm³/mol. The summed E-state index contributed by atoms with van der Waals surface area (Å²) in [5.41, 5.74) is 6.58. The molecule has 0 saturated carbocycles. The number of primary amides is 1. The molecular formula is C19H19N5O4S. The Morgan fingerprint density at radius 1 is 1.07 bits per heavy atom. The number of amides is 3. The lowest BCUT2D eigenvalue weighted by atomic mass is 10.1. The van der Waals surface area contributed by atoms with E-state index in [1.807, 2.05) is 0 Å². The van der Waals surface area contributed by atoms with E-state index in [0.717, 1.165) is 6.42 Å². The van der Waals surface area contributed by atoms with Crippen LogP contribution in [0, 0.1) is 0 Å². The minimum atomic E-state index is -3.75. The van der Waals surface area contributed by atoms with E-state index >= 15 is 0 Å². The molecule has 0 spiro atoms. The summed E-state index contributed by atoms with van der Waals surface area (Å²) in [5.74, 6) is 0.0330. The number of anilines is 2. The average molecular weight is 413 g/mol. The predicted octanol–water partition coefficient (Wildman–Crippen LogP) is 1.73. The van der Waals surface area contributed by atoms with Gasteiger partial charge in [0.15, 0.2) is 5.84 Å². The molecule has 1 fully saturated rings. The number of fused-ring (bicyclic) bond motifs is 1. The Morgan fingerprint density at radius 2 is 1.79 bits per heavy atom. The number of hydrogen-bond donors (Lipinski definition) is 3. The number of hydrogen-bond acceptors (Lipinski definition) is 5. The van der Waals surface area contributed by atoms with Crippen molar-refractivity contribution in [3.8, 4) is 0 Å². The van der Waals surface area contributed by atoms with Crippen molar-refractivity contribution in [2.75, 3.05) is 17.2 Å². The van der Waals surface area contributed by atoms with Gasteiger partial charge >= 0.3 is 6.03 Å². The zero-order valence-corrected chi connectivity index (χ0v) is 16.1. The van der Waals surface area contributed by atoms with E-state index in [9.17, 15) is 18.0 Å². The van der Waals surface area contributed by atoms with E-state index in [2.05, 4.69) is 15.0 Å². The molecule has 0 aromatic heterocycles. The van der Waals surface area contributed by atoms with Gasteiger partial charge in [0.05, 0.1) is 0 Å². The normalized spacial score (nSPS) is 19.4. The zero-order valence-electron chi connectivity index (χ0n) is 15.3. The summed E-state index contributed by atoms with van der Waals surface area (Å²) >= 11 is 0. The SMILES string of the molecule is NC(=O)Nc1cccc(NC(=O)[C@@H]2CCCN2C2=NS(=O)(=O)c3ccccc32)c1. The lowest BCUT2D eigenvalue weighted by molar-refractivity contribution is -0.119. The third-order valence-corrected chi connectivity index (χ3v) is 6.16. The second kappa shape index (κ2) is 7.21. The fourth-order valence-electron chi connectivity index (χ4n) is 3.63. The number of nitrogens with zero attached hydrogens (tertiary/aromatic N) is 2. The molecular weight excluding hydrogens is 394 g/mol. The molecule has 2 aromatic rings. The lowest BCUT2D eigenvalue weighted by Gasteiger charge is -2.25. The van der Waals surface area contributed by atoms with Crippen LogP contribution in [0.2, 0.25) is 0 Å². The first-order chi connectivity index (χ1) is 13.8. The van der Waals surface area contributed by atoms with Crippen LogP contribution in [-0.4, -0.2) is 43.7 Å². The first-order valence-electron chi connectivity index (χ1n) is 9.03. The van der Waals surface area contributed by atoms with Crippen LogP contribution >= 0.6 is 0 Å². The lowest BCUT2D eigenvalue weighted by Crippen LogP contribution is -2.43. The molecule has 3 amide bonds. The molecule has 1 saturated heterocycles. The maximum absolute atomic E-state index is 12.9. The molecule has 4 N–H and O–H groups in total. The first-order valence-corrected chi connectivity index (χ1v) is 10.5. The van der Waals surface area contributed by atoms with Crippen LogP contribution in [0.25, 0.3) is 0 Å². The van der Waals surface area contributed by atoms with Crippen LogP contribution in [0.15, 0.2) is 57.8 Å². The fraction of sp³-hybridized carbons (Fsp3) is 0.211. The Morgan fingerprint density at radius 3 is 2.55 bits per heavy atom. The number of urea groups is 1. The van der Waals surface area contributed by atoms with Crippen molar-refractivity contribution in [3.63, 3.8) is 0 Å². The maximum Gasteiger partial charge on any atom is 0.316 e. The van der Waals surface area contributed by atoms with Crippen LogP contribution in [-0.2, 0) is 14.8 Å². The van der Waals surface area contributed by atoms with E-state index in [0.29, 0.717) is 35.7 Å². The van der Waals surface area contributed by atoms with E-state index in [-0.39, 0.29) is 10.8 Å². The molecule has 2 aliphatic heterocycles. The van der Waals surface area contributed by atoms with Crippen molar-refractivity contribution in [1.82, 2.24) is 4.90 Å². The molecule has 0 radical (unpaired) electrons. The van der Waals surface area contributed by atoms with Crippen molar-refractivity contribution in [3.05, 3.63) is 54.1 Å². The van der Waals surface area contributed by atoms with Gasteiger partial charge in [-0.1, -0.05) is 18.2 Å². The molecule has 150 valence electrons. The summed E-state index contributed by atoms with van der Waals surface area (Å²) in [5, 5.41) is 5.27. The Kier molecular flexibility index (Phi) is 4.71. The highest BCUT2D eigenvalue weighted by Gasteiger charge is 2.39. The molecule has 10 heteroatoms. The molecule has 0 bridgehead atoms. The second-order valence-corrected chi connectivity index (χ2v) is 8.37. The molecule has 29 heavy (non-hydrogen) atoms. The van der Waals surface area contributed by atoms with Crippen molar-refractivity contribution < 1.29 is 18.0 Å². The molecule has 2 aliphatic rings. The molecule has 9 nitrogen and oxygen atoms in total. The number of nitrogens with two attached hydrogens (primary N) is 1. The molecule has 0 aliphatic carbocycles. The van der Waals surface area contributed by atoms with Crippen LogP contribution in [0.4, 0.5) is 16.2 Å². The standard InChI is InChI=1S/C19H19N5O4S/c20-19(26)22-13-6-3-5-12(11-13)21-18(25)15-8-4-10-24(15)17-14-7-1-2-9-16(14)29(27,28)23-17/h1-3,5-7,9,11,15H,4,8,10H2,(H,21,25)(H3,20,22,26)/t15-/m0/s1. The highest BCUT2D eigenvalue weighted by molar-refractivity contribution is 7.90. The number of sulfonamides is 1. The summed E-state index contributed by atoms with van der Waals surface area (Å²) in [7, 11) is -3.75. The Labute approximate surface area is 167 Å². The van der Waals surface area contributed by atoms with Crippen LogP contribution < -0.4 is 16.4 Å². The number of carbonyl (C=O) groups is 2. The van der Waals surface area contributed by atoms with E-state index in [1.165, 1.54) is 6.07 Å². The highest BCUT2D eigenvalue weighted by Crippen LogP contribution is 2.31.